The lowest BCUT2D eigenvalue weighted by Crippen LogP contribution is -2.41. The van der Waals surface area contributed by atoms with Crippen LogP contribution in [0.4, 0.5) is 0 Å². The van der Waals surface area contributed by atoms with Crippen molar-refractivity contribution in [1.29, 1.82) is 0 Å². The van der Waals surface area contributed by atoms with Crippen LogP contribution in [0.25, 0.3) is 190 Å². The molecule has 0 saturated carbocycles. The number of hydrogen-bond acceptors (Lipinski definition) is 14. The van der Waals surface area contributed by atoms with Crippen LogP contribution < -0.4 is 5.46 Å². The number of furan rings is 2. The van der Waals surface area contributed by atoms with Crippen LogP contribution in [-0.2, 0) is 9.31 Å². The van der Waals surface area contributed by atoms with Crippen molar-refractivity contribution in [2.45, 2.75) is 38.9 Å². The van der Waals surface area contributed by atoms with Gasteiger partial charge < -0.3 is 18.1 Å². The molecule has 7 heterocycles. The summed E-state index contributed by atoms with van der Waals surface area (Å²) in [6, 6.07) is 119. The Balaban J connectivity index is 0.000000128. The molecular weight excluding hydrogens is 1500 g/mol. The Hall–Kier alpha value is -14.2. The van der Waals surface area contributed by atoms with Crippen molar-refractivity contribution in [1.82, 2.24) is 49.8 Å². The zero-order chi connectivity index (χ0) is 78.3. The quantitative estimate of drug-likeness (QED) is 0.106. The number of hydrogen-bond donors (Lipinski definition) is 0. The van der Waals surface area contributed by atoms with Gasteiger partial charge in [0.2, 0.25) is 11.4 Å². The smallest absolute Gasteiger partial charge is 0.436 e. The van der Waals surface area contributed by atoms with E-state index in [1.165, 1.54) is 11.1 Å². The summed E-state index contributed by atoms with van der Waals surface area (Å²) in [6.07, 6.45) is 0. The predicted molar refractivity (Wildman–Crippen MR) is 470 cm³/mol. The van der Waals surface area contributed by atoms with Crippen LogP contribution in [0.5, 0.6) is 0 Å². The highest BCUT2D eigenvalue weighted by atomic mass is 79.9. The normalized spacial score (nSPS) is 12.9. The maximum atomic E-state index is 6.23. The summed E-state index contributed by atoms with van der Waals surface area (Å²) >= 11 is 3.46. The van der Waals surface area contributed by atoms with Gasteiger partial charge in [-0.05, 0) is 143 Å². The Morgan fingerprint density at radius 1 is 0.233 bits per heavy atom. The Morgan fingerprint density at radius 2 is 0.474 bits per heavy atom. The van der Waals surface area contributed by atoms with Gasteiger partial charge in [-0.1, -0.05) is 313 Å². The molecule has 554 valence electrons. The second-order valence-corrected chi connectivity index (χ2v) is 30.4. The molecule has 1 aliphatic rings. The number of rotatable bonds is 12. The molecule has 20 aromatic rings. The van der Waals surface area contributed by atoms with E-state index in [1.807, 2.05) is 146 Å². The van der Waals surface area contributed by atoms with Crippen LogP contribution in [0.1, 0.15) is 27.7 Å². The van der Waals surface area contributed by atoms with Crippen molar-refractivity contribution < 1.29 is 18.1 Å². The minimum atomic E-state index is -0.377. The van der Waals surface area contributed by atoms with E-state index in [-0.39, 0.29) is 18.3 Å². The summed E-state index contributed by atoms with van der Waals surface area (Å²) < 4.78 is 25.2. The number of benzene rings is 14. The molecule has 6 aromatic heterocycles. The van der Waals surface area contributed by atoms with Crippen LogP contribution in [-0.4, -0.2) is 68.2 Å². The van der Waals surface area contributed by atoms with Gasteiger partial charge in [0.15, 0.2) is 34.9 Å². The molecule has 14 aromatic carbocycles. The lowest BCUT2D eigenvalue weighted by atomic mass is 9.78. The second-order valence-electron chi connectivity index (χ2n) is 29.5. The fourth-order valence-electron chi connectivity index (χ4n) is 14.3. The monoisotopic (exact) mass is 1560 g/mol. The molecule has 14 nitrogen and oxygen atoms in total. The van der Waals surface area contributed by atoms with Gasteiger partial charge >= 0.3 is 7.12 Å². The van der Waals surface area contributed by atoms with Crippen LogP contribution >= 0.6 is 15.9 Å². The maximum Gasteiger partial charge on any atom is 0.494 e. The lowest BCUT2D eigenvalue weighted by Gasteiger charge is -2.32. The van der Waals surface area contributed by atoms with Crippen LogP contribution in [0, 0.1) is 0 Å². The molecule has 1 aliphatic heterocycles. The van der Waals surface area contributed by atoms with Gasteiger partial charge in [0.05, 0.1) is 33.3 Å². The Kier molecular flexibility index (Phi) is 19.1. The van der Waals surface area contributed by atoms with E-state index in [0.717, 1.165) is 143 Å². The Morgan fingerprint density at radius 3 is 0.810 bits per heavy atom. The Bertz CT molecular complexity index is 6970. The summed E-state index contributed by atoms with van der Waals surface area (Å²) in [5, 5.41) is 1.94. The van der Waals surface area contributed by atoms with Crippen molar-refractivity contribution in [3.63, 3.8) is 0 Å². The van der Waals surface area contributed by atoms with Crippen molar-refractivity contribution >= 4 is 95.0 Å². The van der Waals surface area contributed by atoms with E-state index in [1.54, 1.807) is 0 Å². The molecule has 116 heavy (non-hydrogen) atoms. The van der Waals surface area contributed by atoms with E-state index in [9.17, 15) is 0 Å². The summed E-state index contributed by atoms with van der Waals surface area (Å²) in [4.78, 5) is 48.2. The van der Waals surface area contributed by atoms with Crippen molar-refractivity contribution in [3.8, 4) is 124 Å². The zero-order valence-electron chi connectivity index (χ0n) is 63.5. The van der Waals surface area contributed by atoms with Gasteiger partial charge in [-0.2, -0.15) is 0 Å². The average Bonchev–Trinajstić information content (AvgIpc) is 1.61. The number of aromatic nitrogens is 10. The highest BCUT2D eigenvalue weighted by Crippen LogP contribution is 2.39. The van der Waals surface area contributed by atoms with E-state index in [0.29, 0.717) is 46.4 Å². The summed E-state index contributed by atoms with van der Waals surface area (Å²) in [5.41, 5.74) is 24.9. The van der Waals surface area contributed by atoms with Crippen LogP contribution in [0.3, 0.4) is 0 Å². The molecule has 0 spiro atoms. The average molecular weight is 1570 g/mol. The number of halogens is 1. The third kappa shape index (κ3) is 14.8. The minimum Gasteiger partial charge on any atom is -0.436 e. The molecule has 0 bridgehead atoms. The molecule has 21 rings (SSSR count). The van der Waals surface area contributed by atoms with Crippen molar-refractivity contribution in [3.05, 3.63) is 356 Å². The summed E-state index contributed by atoms with van der Waals surface area (Å²) in [6.45, 7) is 8.29. The van der Waals surface area contributed by atoms with Crippen molar-refractivity contribution in [2.75, 3.05) is 0 Å². The van der Waals surface area contributed by atoms with Gasteiger partial charge in [0.25, 0.3) is 0 Å². The van der Waals surface area contributed by atoms with Crippen LogP contribution in [0.2, 0.25) is 0 Å². The molecule has 0 aliphatic carbocycles. The Labute approximate surface area is 677 Å². The first kappa shape index (κ1) is 72.1. The molecular formula is C100H70BBrN10O4. The molecule has 0 unspecified atom stereocenters. The number of fused-ring (bicyclic) bond motifs is 8. The van der Waals surface area contributed by atoms with E-state index < -0.39 is 0 Å². The molecule has 0 radical (unpaired) electrons. The van der Waals surface area contributed by atoms with E-state index in [2.05, 4.69) is 260 Å². The first-order chi connectivity index (χ1) is 56.8. The van der Waals surface area contributed by atoms with E-state index in [4.69, 9.17) is 58.0 Å². The first-order valence-electron chi connectivity index (χ1n) is 38.3. The van der Waals surface area contributed by atoms with Gasteiger partial charge in [-0.3, -0.25) is 0 Å². The largest absolute Gasteiger partial charge is 0.494 e. The number of nitrogens with zero attached hydrogens (tertiary/aromatic N) is 10. The second kappa shape index (κ2) is 30.7. The third-order valence-electron chi connectivity index (χ3n) is 21.4. The van der Waals surface area contributed by atoms with E-state index >= 15 is 0 Å². The fraction of sp³-hybridized carbons (Fsp3) is 0.0600. The minimum absolute atomic E-state index is 0.368. The molecule has 1 fully saturated rings. The van der Waals surface area contributed by atoms with Gasteiger partial charge in [0.1, 0.15) is 22.2 Å². The fourth-order valence-corrected chi connectivity index (χ4v) is 14.7. The van der Waals surface area contributed by atoms with Gasteiger partial charge in [0, 0.05) is 48.6 Å². The molecule has 1 saturated heterocycles. The maximum absolute atomic E-state index is 6.23. The topological polar surface area (TPSA) is 174 Å². The standard InChI is InChI=1S/C47H29N5O.C39H34BN3O2.C14H7BrN2O/c1-3-9-30(10-4-1)31-19-23-36(24-20-31)45-50-44(35-11-5-2-6-12-35)51-46(52-45)37-25-21-33(22-26-37)32-15-17-34(18-16-32)38-27-28-42-39(29-38)43-47(53-42)49-41-14-8-7-13-40(41)48-43;1-38(2)39(3,4)45-40(44-38)34-25-23-30(24-26-34)29-17-21-33(22-18-29)37-42-35(31-13-9-6-10-14-31)41-36(43-37)32-19-15-28(16-20-32)27-11-7-5-8-12-27;15-8-5-6-12-9(7-8)13-14(18-12)17-11-4-2-1-3-10(11)16-13/h1-29H;5-26H,1-4H3;1-7H. The van der Waals surface area contributed by atoms with Gasteiger partial charge in [-0.15, -0.1) is 0 Å². The molecule has 0 atom stereocenters. The highest BCUT2D eigenvalue weighted by Gasteiger charge is 2.51. The first-order valence-corrected chi connectivity index (χ1v) is 39.1. The van der Waals surface area contributed by atoms with Crippen molar-refractivity contribution in [2.24, 2.45) is 0 Å². The molecule has 0 N–H and O–H groups in total. The zero-order valence-corrected chi connectivity index (χ0v) is 65.1. The summed E-state index contributed by atoms with van der Waals surface area (Å²) in [7, 11) is -0.377. The lowest BCUT2D eigenvalue weighted by molar-refractivity contribution is 0.00578. The van der Waals surface area contributed by atoms with Crippen LogP contribution in [0.15, 0.2) is 365 Å². The summed E-state index contributed by atoms with van der Waals surface area (Å²) in [5.74, 6) is 3.82. The predicted octanol–water partition coefficient (Wildman–Crippen LogP) is 24.5. The SMILES string of the molecule is Brc1ccc2oc3nc4ccccc4nc3c2c1.CC1(C)OB(c2ccc(-c3ccc(-c4nc(-c5ccccc5)nc(-c5ccc(-c6ccccc6)cc5)n4)cc3)cc2)OC1(C)C.c1ccc(-c2ccc(-c3nc(-c4ccccc4)nc(-c4ccc(-c5ccc(-c6ccc7oc8nc9ccccc9nc8c7c6)cc5)cc4)n3)cc2)cc1. The number of para-hydroxylation sites is 4. The molecule has 16 heteroatoms. The molecule has 0 amide bonds. The third-order valence-corrected chi connectivity index (χ3v) is 21.9. The highest BCUT2D eigenvalue weighted by molar-refractivity contribution is 9.10. The van der Waals surface area contributed by atoms with Gasteiger partial charge in [-0.25, -0.2) is 49.8 Å².